The van der Waals surface area contributed by atoms with E-state index in [0.717, 1.165) is 0 Å². The van der Waals surface area contributed by atoms with Gasteiger partial charge in [-0.1, -0.05) is 23.7 Å². The van der Waals surface area contributed by atoms with Crippen LogP contribution in [0.3, 0.4) is 0 Å². The Morgan fingerprint density at radius 2 is 1.86 bits per heavy atom. The molecule has 2 aromatic rings. The quantitative estimate of drug-likeness (QED) is 0.889. The molecular weight excluding hydrogens is 302 g/mol. The summed E-state index contributed by atoms with van der Waals surface area (Å²) in [5.41, 5.74) is 0.970. The standard InChI is InChI=1S/C17H18ClNO3/c1-11(2)22-15-7-5-4-6-13(15)17(20)19-14-10-12(18)8-9-16(14)21-3/h4-11H,1-3H3,(H,19,20). The van der Waals surface area contributed by atoms with Gasteiger partial charge >= 0.3 is 0 Å². The number of nitrogens with one attached hydrogen (secondary N) is 1. The number of methoxy groups -OCH3 is 1. The Morgan fingerprint density at radius 3 is 2.55 bits per heavy atom. The molecule has 1 amide bonds. The van der Waals surface area contributed by atoms with Gasteiger partial charge in [-0.05, 0) is 44.2 Å². The van der Waals surface area contributed by atoms with Gasteiger partial charge in [0.1, 0.15) is 11.5 Å². The highest BCUT2D eigenvalue weighted by molar-refractivity contribution is 6.31. The van der Waals surface area contributed by atoms with Crippen LogP contribution in [0.15, 0.2) is 42.5 Å². The molecule has 22 heavy (non-hydrogen) atoms. The van der Waals surface area contributed by atoms with E-state index in [1.807, 2.05) is 19.9 Å². The molecule has 0 fully saturated rings. The molecule has 2 rings (SSSR count). The first-order valence-electron chi connectivity index (χ1n) is 6.92. The van der Waals surface area contributed by atoms with Crippen molar-refractivity contribution in [2.45, 2.75) is 20.0 Å². The van der Waals surface area contributed by atoms with E-state index in [1.165, 1.54) is 7.11 Å². The van der Waals surface area contributed by atoms with Crippen LogP contribution in [0.1, 0.15) is 24.2 Å². The highest BCUT2D eigenvalue weighted by Crippen LogP contribution is 2.29. The molecule has 1 N–H and O–H groups in total. The van der Waals surface area contributed by atoms with Crippen molar-refractivity contribution in [2.24, 2.45) is 0 Å². The lowest BCUT2D eigenvalue weighted by atomic mass is 10.1. The van der Waals surface area contributed by atoms with Gasteiger partial charge in [-0.25, -0.2) is 0 Å². The van der Waals surface area contributed by atoms with Gasteiger partial charge in [-0.2, -0.15) is 0 Å². The molecule has 116 valence electrons. The summed E-state index contributed by atoms with van der Waals surface area (Å²) < 4.78 is 10.9. The molecule has 4 nitrogen and oxygen atoms in total. The maximum Gasteiger partial charge on any atom is 0.259 e. The summed E-state index contributed by atoms with van der Waals surface area (Å²) in [4.78, 5) is 12.5. The SMILES string of the molecule is COc1ccc(Cl)cc1NC(=O)c1ccccc1OC(C)C. The number of rotatable bonds is 5. The van der Waals surface area contributed by atoms with E-state index >= 15 is 0 Å². The van der Waals surface area contributed by atoms with Gasteiger partial charge in [0.25, 0.3) is 5.91 Å². The number of anilines is 1. The van der Waals surface area contributed by atoms with E-state index < -0.39 is 0 Å². The first kappa shape index (κ1) is 16.2. The van der Waals surface area contributed by atoms with Crippen LogP contribution in [0.4, 0.5) is 5.69 Å². The number of hydrogen-bond donors (Lipinski definition) is 1. The van der Waals surface area contributed by atoms with Crippen LogP contribution in [0.2, 0.25) is 5.02 Å². The maximum absolute atomic E-state index is 12.5. The second-order valence-corrected chi connectivity index (χ2v) is 5.40. The summed E-state index contributed by atoms with van der Waals surface area (Å²) in [6.45, 7) is 3.82. The smallest absolute Gasteiger partial charge is 0.259 e. The van der Waals surface area contributed by atoms with Crippen LogP contribution < -0.4 is 14.8 Å². The molecule has 0 heterocycles. The number of carbonyl (C=O) groups is 1. The molecule has 0 saturated carbocycles. The average molecular weight is 320 g/mol. The average Bonchev–Trinajstić information content (AvgIpc) is 2.47. The monoisotopic (exact) mass is 319 g/mol. The van der Waals surface area contributed by atoms with Gasteiger partial charge in [0, 0.05) is 5.02 Å². The molecular formula is C17H18ClNO3. The third kappa shape index (κ3) is 3.92. The van der Waals surface area contributed by atoms with Gasteiger partial charge in [-0.15, -0.1) is 0 Å². The highest BCUT2D eigenvalue weighted by atomic mass is 35.5. The summed E-state index contributed by atoms with van der Waals surface area (Å²) in [6, 6.07) is 12.1. The van der Waals surface area contributed by atoms with E-state index in [-0.39, 0.29) is 12.0 Å². The van der Waals surface area contributed by atoms with E-state index in [0.29, 0.717) is 27.8 Å². The van der Waals surface area contributed by atoms with Crippen LogP contribution in [0.25, 0.3) is 0 Å². The summed E-state index contributed by atoms with van der Waals surface area (Å²) in [6.07, 6.45) is -0.0188. The van der Waals surface area contributed by atoms with Gasteiger partial charge in [0.15, 0.2) is 0 Å². The Labute approximate surface area is 135 Å². The molecule has 0 aromatic heterocycles. The number of benzene rings is 2. The van der Waals surface area contributed by atoms with Crippen molar-refractivity contribution >= 4 is 23.2 Å². The lowest BCUT2D eigenvalue weighted by Gasteiger charge is -2.15. The third-order valence-corrected chi connectivity index (χ3v) is 3.14. The Bertz CT molecular complexity index is 671. The zero-order valence-corrected chi connectivity index (χ0v) is 13.5. The topological polar surface area (TPSA) is 47.6 Å². The molecule has 0 saturated heterocycles. The lowest BCUT2D eigenvalue weighted by Crippen LogP contribution is -2.16. The number of amides is 1. The minimum Gasteiger partial charge on any atom is -0.495 e. The highest BCUT2D eigenvalue weighted by Gasteiger charge is 2.15. The summed E-state index contributed by atoms with van der Waals surface area (Å²) in [7, 11) is 1.54. The van der Waals surface area contributed by atoms with E-state index in [2.05, 4.69) is 5.32 Å². The Balaban J connectivity index is 2.28. The van der Waals surface area contributed by atoms with Gasteiger partial charge in [-0.3, -0.25) is 4.79 Å². The number of halogens is 1. The fourth-order valence-corrected chi connectivity index (χ4v) is 2.15. The first-order chi connectivity index (χ1) is 10.5. The molecule has 0 radical (unpaired) electrons. The molecule has 0 atom stereocenters. The van der Waals surface area contributed by atoms with Crippen molar-refractivity contribution in [1.82, 2.24) is 0 Å². The van der Waals surface area contributed by atoms with Crippen molar-refractivity contribution in [2.75, 3.05) is 12.4 Å². The van der Waals surface area contributed by atoms with Crippen LogP contribution in [0, 0.1) is 0 Å². The number of carbonyl (C=O) groups excluding carboxylic acids is 1. The largest absolute Gasteiger partial charge is 0.495 e. The van der Waals surface area contributed by atoms with Gasteiger partial charge in [0.2, 0.25) is 0 Å². The number of hydrogen-bond acceptors (Lipinski definition) is 3. The maximum atomic E-state index is 12.5. The second kappa shape index (κ2) is 7.18. The van der Waals surface area contributed by atoms with Crippen molar-refractivity contribution in [3.05, 3.63) is 53.1 Å². The van der Waals surface area contributed by atoms with Gasteiger partial charge < -0.3 is 14.8 Å². The third-order valence-electron chi connectivity index (χ3n) is 2.90. The van der Waals surface area contributed by atoms with Crippen molar-refractivity contribution < 1.29 is 14.3 Å². The van der Waals surface area contributed by atoms with Gasteiger partial charge in [0.05, 0.1) is 24.5 Å². The minimum absolute atomic E-state index is 0.0188. The van der Waals surface area contributed by atoms with Crippen LogP contribution in [-0.4, -0.2) is 19.1 Å². The molecule has 0 unspecified atom stereocenters. The number of para-hydroxylation sites is 1. The van der Waals surface area contributed by atoms with E-state index in [9.17, 15) is 4.79 Å². The predicted octanol–water partition coefficient (Wildman–Crippen LogP) is 4.39. The van der Waals surface area contributed by atoms with Crippen molar-refractivity contribution in [1.29, 1.82) is 0 Å². The predicted molar refractivity (Wildman–Crippen MR) is 88.2 cm³/mol. The Hall–Kier alpha value is -2.20. The molecule has 0 aliphatic heterocycles. The zero-order chi connectivity index (χ0) is 16.1. The molecule has 2 aromatic carbocycles. The first-order valence-corrected chi connectivity index (χ1v) is 7.29. The van der Waals surface area contributed by atoms with E-state index in [1.54, 1.807) is 36.4 Å². The van der Waals surface area contributed by atoms with Crippen molar-refractivity contribution in [3.8, 4) is 11.5 Å². The van der Waals surface area contributed by atoms with E-state index in [4.69, 9.17) is 21.1 Å². The molecule has 5 heteroatoms. The normalized spacial score (nSPS) is 10.4. The molecule has 0 bridgehead atoms. The van der Waals surface area contributed by atoms with Crippen LogP contribution >= 0.6 is 11.6 Å². The summed E-state index contributed by atoms with van der Waals surface area (Å²) in [5, 5.41) is 3.32. The molecule has 0 aliphatic rings. The zero-order valence-electron chi connectivity index (χ0n) is 12.7. The number of ether oxygens (including phenoxy) is 2. The summed E-state index contributed by atoms with van der Waals surface area (Å²) >= 11 is 5.97. The lowest BCUT2D eigenvalue weighted by molar-refractivity contribution is 0.102. The Morgan fingerprint density at radius 1 is 1.14 bits per heavy atom. The van der Waals surface area contributed by atoms with Crippen LogP contribution in [-0.2, 0) is 0 Å². The van der Waals surface area contributed by atoms with Crippen LogP contribution in [0.5, 0.6) is 11.5 Å². The Kier molecular flexibility index (Phi) is 5.28. The minimum atomic E-state index is -0.281. The second-order valence-electron chi connectivity index (χ2n) is 4.96. The molecule has 0 aliphatic carbocycles. The summed E-state index contributed by atoms with van der Waals surface area (Å²) in [5.74, 6) is 0.799. The fraction of sp³-hybridized carbons (Fsp3) is 0.235. The molecule has 0 spiro atoms. The van der Waals surface area contributed by atoms with Crippen molar-refractivity contribution in [3.63, 3.8) is 0 Å². The fourth-order valence-electron chi connectivity index (χ4n) is 1.98.